The van der Waals surface area contributed by atoms with Gasteiger partial charge < -0.3 is 98.1 Å². The van der Waals surface area contributed by atoms with E-state index in [0.29, 0.717) is 0 Å². The van der Waals surface area contributed by atoms with Crippen LogP contribution in [0.25, 0.3) is 10.8 Å². The van der Waals surface area contributed by atoms with Crippen LogP contribution in [0, 0.1) is 12.8 Å². The second kappa shape index (κ2) is 22.6. The van der Waals surface area contributed by atoms with Gasteiger partial charge >= 0.3 is 0 Å². The lowest BCUT2D eigenvalue weighted by molar-refractivity contribution is -0.329. The smallest absolute Gasteiger partial charge is 0.227 e. The first kappa shape index (κ1) is 55.7. The van der Waals surface area contributed by atoms with Gasteiger partial charge in [0.05, 0.1) is 72.0 Å². The summed E-state index contributed by atoms with van der Waals surface area (Å²) < 4.78 is 66.2. The van der Waals surface area contributed by atoms with Gasteiger partial charge in [0.1, 0.15) is 60.0 Å². The van der Waals surface area contributed by atoms with Crippen molar-refractivity contribution in [2.75, 3.05) is 7.11 Å². The molecule has 5 fully saturated rings. The second-order valence-corrected chi connectivity index (χ2v) is 20.3. The maximum absolute atomic E-state index is 14.9. The predicted molar refractivity (Wildman–Crippen MR) is 247 cm³/mol. The minimum Gasteiger partial charge on any atom is -0.507 e. The van der Waals surface area contributed by atoms with Crippen LogP contribution in [0.2, 0.25) is 0 Å². The van der Waals surface area contributed by atoms with Crippen LogP contribution < -0.4 is 4.74 Å². The van der Waals surface area contributed by atoms with Crippen molar-refractivity contribution in [2.45, 2.75) is 222 Å². The summed E-state index contributed by atoms with van der Waals surface area (Å²) in [4.78, 5) is 41.0. The van der Waals surface area contributed by atoms with Crippen LogP contribution in [0.4, 0.5) is 0 Å². The van der Waals surface area contributed by atoms with Gasteiger partial charge in [0.25, 0.3) is 0 Å². The Bertz CT molecular complexity index is 2290. The predicted octanol–water partition coefficient (Wildman–Crippen LogP) is 0.208. The molecule has 0 bridgehead atoms. The van der Waals surface area contributed by atoms with Crippen molar-refractivity contribution in [1.82, 2.24) is 0 Å². The van der Waals surface area contributed by atoms with Crippen molar-refractivity contribution in [2.24, 2.45) is 5.92 Å². The number of aromatic hydroxyl groups is 2. The fraction of sp³-hybridized carbons (Fsp3) is 0.740. The van der Waals surface area contributed by atoms with E-state index in [9.17, 15) is 60.3 Å². The Labute approximate surface area is 421 Å². The van der Waals surface area contributed by atoms with E-state index in [0.717, 1.165) is 6.92 Å². The van der Waals surface area contributed by atoms with Gasteiger partial charge in [0.2, 0.25) is 12.1 Å². The largest absolute Gasteiger partial charge is 0.507 e. The number of hydrogen-bond acceptors (Lipinski definition) is 23. The number of rotatable bonds is 14. The number of benzene rings is 2. The molecule has 2 aromatic carbocycles. The zero-order chi connectivity index (χ0) is 53.1. The summed E-state index contributed by atoms with van der Waals surface area (Å²) in [5, 5.41) is 98.1. The van der Waals surface area contributed by atoms with Crippen LogP contribution >= 0.6 is 0 Å². The fourth-order valence-corrected chi connectivity index (χ4v) is 10.8. The third kappa shape index (κ3) is 11.4. The number of hydrogen-bond donors (Lipinski definition) is 9. The lowest BCUT2D eigenvalue weighted by Gasteiger charge is -2.45. The minimum absolute atomic E-state index is 0.0240. The number of methoxy groups -OCH3 is 1. The van der Waals surface area contributed by atoms with Gasteiger partial charge in [-0.05, 0) is 71.0 Å². The number of phenolic OH excluding ortho intramolecular Hbond substituents is 2. The topological polar surface area (TPSA) is 335 Å². The number of ether oxygens (including phenoxy) is 11. The number of phenols is 2. The van der Waals surface area contributed by atoms with Crippen molar-refractivity contribution >= 4 is 28.1 Å². The normalized spacial score (nSPS) is 41.8. The van der Waals surface area contributed by atoms with E-state index < -0.39 is 170 Å². The number of carbonyl (C=O) groups excluding carboxylic acids is 3. The van der Waals surface area contributed by atoms with Crippen LogP contribution in [0.1, 0.15) is 95.1 Å². The third-order valence-electron chi connectivity index (χ3n) is 15.1. The molecule has 23 heteroatoms. The van der Waals surface area contributed by atoms with E-state index in [1.54, 1.807) is 34.6 Å². The fourth-order valence-electron chi connectivity index (χ4n) is 10.8. The molecule has 5 heterocycles. The molecular weight excluding hydrogens is 969 g/mol. The van der Waals surface area contributed by atoms with Gasteiger partial charge in [-0.25, -0.2) is 0 Å². The zero-order valence-corrected chi connectivity index (χ0v) is 41.9. The average Bonchev–Trinajstić information content (AvgIpc) is 3.32. The third-order valence-corrected chi connectivity index (χ3v) is 15.1. The van der Waals surface area contributed by atoms with Crippen molar-refractivity contribution < 1.29 is 112 Å². The first-order valence-electron chi connectivity index (χ1n) is 24.9. The SMILES string of the molecule is CO[C@H](C(=O)C(C)=O)[C@@H]1Cc2cc3cc(O[C@H]4C[C@@H](O[C@H]5CC(O)[C@H](O)C(C)O5)[C@H](O)C(C)O4)c(C)c(O)c3c(O)c2C(=O)[C@H]1O[C@H]1C[C@@H](O[C@H]2CC(O[C@H]3C[C@@H](O)[C@H](O)C(C)O3)[C@@H](O)C(C)O2)[C@H](O)C(C)O1. The lowest BCUT2D eigenvalue weighted by Crippen LogP contribution is -2.56. The lowest BCUT2D eigenvalue weighted by atomic mass is 9.75. The Morgan fingerprint density at radius 1 is 0.603 bits per heavy atom. The molecule has 23 atom stereocenters. The molecule has 9 N–H and O–H groups in total. The van der Waals surface area contributed by atoms with E-state index in [1.807, 2.05) is 0 Å². The van der Waals surface area contributed by atoms with E-state index >= 15 is 0 Å². The van der Waals surface area contributed by atoms with E-state index in [2.05, 4.69) is 0 Å². The summed E-state index contributed by atoms with van der Waals surface area (Å²) in [6.07, 6.45) is -23.9. The number of carbonyl (C=O) groups is 3. The van der Waals surface area contributed by atoms with Crippen LogP contribution in [0.3, 0.4) is 0 Å². The highest BCUT2D eigenvalue weighted by molar-refractivity contribution is 6.38. The summed E-state index contributed by atoms with van der Waals surface area (Å²) in [6, 6.07) is 3.06. The molecular formula is C50H70O23. The highest BCUT2D eigenvalue weighted by atomic mass is 16.7. The van der Waals surface area contributed by atoms with Gasteiger partial charge in [-0.1, -0.05) is 0 Å². The Morgan fingerprint density at radius 3 is 1.48 bits per heavy atom. The maximum Gasteiger partial charge on any atom is 0.227 e. The first-order valence-corrected chi connectivity index (χ1v) is 24.9. The molecule has 0 radical (unpaired) electrons. The number of fused-ring (bicyclic) bond motifs is 2. The van der Waals surface area contributed by atoms with Crippen LogP contribution in [-0.2, 0) is 63.4 Å². The molecule has 5 aliphatic heterocycles. The monoisotopic (exact) mass is 1040 g/mol. The number of Topliss-reactive ketones (excluding diaryl/α,β-unsaturated/α-hetero) is 3. The van der Waals surface area contributed by atoms with Crippen molar-refractivity contribution in [3.8, 4) is 17.2 Å². The molecule has 5 saturated heterocycles. The van der Waals surface area contributed by atoms with Crippen molar-refractivity contribution in [3.05, 3.63) is 28.8 Å². The molecule has 0 spiro atoms. The number of aliphatic hydroxyl groups excluding tert-OH is 7. The van der Waals surface area contributed by atoms with Gasteiger partial charge in [-0.15, -0.1) is 0 Å². The van der Waals surface area contributed by atoms with Crippen LogP contribution in [0.15, 0.2) is 12.1 Å². The van der Waals surface area contributed by atoms with E-state index in [1.165, 1.54) is 26.2 Å². The molecule has 0 amide bonds. The van der Waals surface area contributed by atoms with Crippen LogP contribution in [0.5, 0.6) is 17.2 Å². The van der Waals surface area contributed by atoms with Crippen molar-refractivity contribution in [3.63, 3.8) is 0 Å². The Balaban J connectivity index is 1.03. The standard InChI is InChI=1S/C50H70O23/c1-17-29(69-35-14-30(44(58)21(5)66-35)70-33-12-27(52)42(56)19(3)64-33)11-25-9-24-10-26(49(63-8)41(55)18(2)51)50(48(62)39(24)47(61)38(25)40(17)54)73-37-16-32(46(60)23(7)68-37)72-36-15-31(45(59)22(6)67-36)71-34-13-28(53)43(57)20(4)65-34/h9,11,19-23,26-28,30-37,42-46,49-50,52-54,56-61H,10,12-16H2,1-8H3/t19?,20?,21?,22?,23?,26-,27?,28+,30+,31?,32+,33-,34-,35-,36-,37-,42+,43+,44+,45-,46+,49-,50-/m0/s1. The van der Waals surface area contributed by atoms with Gasteiger partial charge in [0, 0.05) is 57.6 Å². The quantitative estimate of drug-likeness (QED) is 0.114. The molecule has 7 unspecified atom stereocenters. The molecule has 0 saturated carbocycles. The maximum atomic E-state index is 14.9. The Hall–Kier alpha value is -3.57. The van der Waals surface area contributed by atoms with E-state index in [4.69, 9.17) is 52.1 Å². The molecule has 0 aromatic heterocycles. The Kier molecular flexibility index (Phi) is 17.2. The summed E-state index contributed by atoms with van der Waals surface area (Å²) in [5.41, 5.74) is 0.135. The molecule has 8 rings (SSSR count). The summed E-state index contributed by atoms with van der Waals surface area (Å²) >= 11 is 0. The molecule has 2 aromatic rings. The highest BCUT2D eigenvalue weighted by Gasteiger charge is 2.50. The first-order chi connectivity index (χ1) is 34.4. The van der Waals surface area contributed by atoms with Gasteiger partial charge in [0.15, 0.2) is 36.7 Å². The number of ketones is 3. The van der Waals surface area contributed by atoms with Crippen molar-refractivity contribution in [1.29, 1.82) is 0 Å². The summed E-state index contributed by atoms with van der Waals surface area (Å²) in [7, 11) is 1.20. The van der Waals surface area contributed by atoms with Crippen LogP contribution in [-0.4, -0.2) is 206 Å². The molecule has 73 heavy (non-hydrogen) atoms. The molecule has 1 aliphatic carbocycles. The molecule has 6 aliphatic rings. The zero-order valence-electron chi connectivity index (χ0n) is 41.9. The second-order valence-electron chi connectivity index (χ2n) is 20.3. The molecule has 408 valence electrons. The molecule has 23 nitrogen and oxygen atoms in total. The Morgan fingerprint density at radius 2 is 1.03 bits per heavy atom. The van der Waals surface area contributed by atoms with Gasteiger partial charge in [-0.3, -0.25) is 14.4 Å². The average molecular weight is 1040 g/mol. The number of aliphatic hydroxyl groups is 7. The minimum atomic E-state index is -1.61. The summed E-state index contributed by atoms with van der Waals surface area (Å²) in [6.45, 7) is 10.5. The van der Waals surface area contributed by atoms with E-state index in [-0.39, 0.29) is 71.7 Å². The van der Waals surface area contributed by atoms with Gasteiger partial charge in [-0.2, -0.15) is 0 Å². The summed E-state index contributed by atoms with van der Waals surface area (Å²) in [5.74, 6) is -4.75. The highest BCUT2D eigenvalue weighted by Crippen LogP contribution is 2.47.